The van der Waals surface area contributed by atoms with Crippen molar-refractivity contribution in [1.82, 2.24) is 15.5 Å². The van der Waals surface area contributed by atoms with E-state index >= 15 is 0 Å². The summed E-state index contributed by atoms with van der Waals surface area (Å²) in [5, 5.41) is 7.12. The van der Waals surface area contributed by atoms with Crippen molar-refractivity contribution in [3.63, 3.8) is 0 Å². The molecule has 18 heavy (non-hydrogen) atoms. The SMILES string of the molecule is CC(CC1CCCCCN1)NC1CCN(C)C1=O. The Balaban J connectivity index is 1.74. The van der Waals surface area contributed by atoms with E-state index in [9.17, 15) is 4.79 Å². The Labute approximate surface area is 110 Å². The predicted molar refractivity (Wildman–Crippen MR) is 73.5 cm³/mol. The van der Waals surface area contributed by atoms with Gasteiger partial charge in [0.25, 0.3) is 0 Å². The third-order valence-corrected chi connectivity index (χ3v) is 4.21. The summed E-state index contributed by atoms with van der Waals surface area (Å²) >= 11 is 0. The molecule has 0 aromatic rings. The highest BCUT2D eigenvalue weighted by Gasteiger charge is 2.30. The van der Waals surface area contributed by atoms with Crippen LogP contribution < -0.4 is 10.6 Å². The standard InChI is InChI=1S/C14H27N3O/c1-11(10-12-6-4-3-5-8-15-12)16-13-7-9-17(2)14(13)18/h11-13,15-16H,3-10H2,1-2H3. The van der Waals surface area contributed by atoms with Gasteiger partial charge in [-0.05, 0) is 39.2 Å². The van der Waals surface area contributed by atoms with E-state index in [-0.39, 0.29) is 11.9 Å². The first kappa shape index (κ1) is 13.8. The average Bonchev–Trinajstić information content (AvgIpc) is 2.60. The Bertz CT molecular complexity index is 274. The van der Waals surface area contributed by atoms with Crippen molar-refractivity contribution >= 4 is 5.91 Å². The predicted octanol–water partition coefficient (Wildman–Crippen LogP) is 1.12. The zero-order valence-electron chi connectivity index (χ0n) is 11.7. The van der Waals surface area contributed by atoms with Gasteiger partial charge in [0, 0.05) is 25.7 Å². The molecule has 0 aliphatic carbocycles. The minimum Gasteiger partial charge on any atom is -0.344 e. The van der Waals surface area contributed by atoms with Gasteiger partial charge >= 0.3 is 0 Å². The van der Waals surface area contributed by atoms with E-state index in [0.717, 1.165) is 25.9 Å². The maximum absolute atomic E-state index is 11.8. The van der Waals surface area contributed by atoms with Crippen molar-refractivity contribution in [3.05, 3.63) is 0 Å². The number of nitrogens with one attached hydrogen (secondary N) is 2. The van der Waals surface area contributed by atoms with Crippen molar-refractivity contribution in [3.8, 4) is 0 Å². The smallest absolute Gasteiger partial charge is 0.239 e. The van der Waals surface area contributed by atoms with Gasteiger partial charge in [-0.3, -0.25) is 4.79 Å². The van der Waals surface area contributed by atoms with Crippen LogP contribution in [0.4, 0.5) is 0 Å². The van der Waals surface area contributed by atoms with Crippen molar-refractivity contribution in [2.24, 2.45) is 0 Å². The second kappa shape index (κ2) is 6.53. The Morgan fingerprint density at radius 1 is 1.39 bits per heavy atom. The number of carbonyl (C=O) groups excluding carboxylic acids is 1. The first-order valence-corrected chi connectivity index (χ1v) is 7.41. The molecule has 4 heteroatoms. The summed E-state index contributed by atoms with van der Waals surface area (Å²) in [5.41, 5.74) is 0. The number of hydrogen-bond donors (Lipinski definition) is 2. The van der Waals surface area contributed by atoms with E-state index in [4.69, 9.17) is 0 Å². The number of hydrogen-bond acceptors (Lipinski definition) is 3. The third-order valence-electron chi connectivity index (χ3n) is 4.21. The molecule has 2 aliphatic heterocycles. The summed E-state index contributed by atoms with van der Waals surface area (Å²) in [4.78, 5) is 13.7. The van der Waals surface area contributed by atoms with Crippen LogP contribution >= 0.6 is 0 Å². The van der Waals surface area contributed by atoms with E-state index in [1.807, 2.05) is 11.9 Å². The van der Waals surface area contributed by atoms with Crippen LogP contribution in [0.25, 0.3) is 0 Å². The van der Waals surface area contributed by atoms with Gasteiger partial charge in [-0.2, -0.15) is 0 Å². The first-order chi connectivity index (χ1) is 8.66. The summed E-state index contributed by atoms with van der Waals surface area (Å²) in [5.74, 6) is 0.260. The maximum atomic E-state index is 11.8. The Kier molecular flexibility index (Phi) is 5.01. The second-order valence-corrected chi connectivity index (χ2v) is 5.90. The molecule has 2 saturated heterocycles. The maximum Gasteiger partial charge on any atom is 0.239 e. The molecule has 3 unspecified atom stereocenters. The number of amides is 1. The molecule has 2 fully saturated rings. The summed E-state index contributed by atoms with van der Waals surface area (Å²) in [7, 11) is 1.89. The van der Waals surface area contributed by atoms with Gasteiger partial charge in [0.1, 0.15) is 0 Å². The minimum atomic E-state index is 0.0516. The fraction of sp³-hybridized carbons (Fsp3) is 0.929. The number of likely N-dealkylation sites (tertiary alicyclic amines) is 1. The molecule has 0 saturated carbocycles. The average molecular weight is 253 g/mol. The van der Waals surface area contributed by atoms with Gasteiger partial charge in [0.2, 0.25) is 5.91 Å². The fourth-order valence-corrected chi connectivity index (χ4v) is 3.12. The summed E-state index contributed by atoms with van der Waals surface area (Å²) in [6.45, 7) is 4.26. The van der Waals surface area contributed by atoms with Crippen LogP contribution in [0.5, 0.6) is 0 Å². The summed E-state index contributed by atoms with van der Waals surface area (Å²) < 4.78 is 0. The van der Waals surface area contributed by atoms with Gasteiger partial charge in [-0.15, -0.1) is 0 Å². The lowest BCUT2D eigenvalue weighted by molar-refractivity contribution is -0.128. The Hall–Kier alpha value is -0.610. The third kappa shape index (κ3) is 3.69. The molecule has 0 radical (unpaired) electrons. The molecule has 104 valence electrons. The second-order valence-electron chi connectivity index (χ2n) is 5.90. The van der Waals surface area contributed by atoms with Crippen molar-refractivity contribution < 1.29 is 4.79 Å². The normalized spacial score (nSPS) is 31.4. The van der Waals surface area contributed by atoms with Crippen molar-refractivity contribution in [1.29, 1.82) is 0 Å². The molecule has 3 atom stereocenters. The van der Waals surface area contributed by atoms with Gasteiger partial charge in [-0.1, -0.05) is 12.8 Å². The highest BCUT2D eigenvalue weighted by atomic mass is 16.2. The van der Waals surface area contributed by atoms with Gasteiger partial charge in [0.05, 0.1) is 6.04 Å². The molecule has 4 nitrogen and oxygen atoms in total. The largest absolute Gasteiger partial charge is 0.344 e. The van der Waals surface area contributed by atoms with Crippen LogP contribution in [0.1, 0.15) is 45.4 Å². The van der Waals surface area contributed by atoms with E-state index in [2.05, 4.69) is 17.6 Å². The first-order valence-electron chi connectivity index (χ1n) is 7.41. The lowest BCUT2D eigenvalue weighted by atomic mass is 10.0. The number of rotatable bonds is 4. The van der Waals surface area contributed by atoms with Crippen LogP contribution in [0.3, 0.4) is 0 Å². The van der Waals surface area contributed by atoms with Crippen LogP contribution in [-0.2, 0) is 4.79 Å². The monoisotopic (exact) mass is 253 g/mol. The van der Waals surface area contributed by atoms with Gasteiger partial charge in [-0.25, -0.2) is 0 Å². The van der Waals surface area contributed by atoms with Crippen LogP contribution in [-0.4, -0.2) is 49.1 Å². The quantitative estimate of drug-likeness (QED) is 0.789. The van der Waals surface area contributed by atoms with E-state index in [0.29, 0.717) is 12.1 Å². The van der Waals surface area contributed by atoms with E-state index in [1.165, 1.54) is 25.7 Å². The lowest BCUT2D eigenvalue weighted by Crippen LogP contribution is -2.44. The lowest BCUT2D eigenvalue weighted by Gasteiger charge is -2.23. The molecule has 2 N–H and O–H groups in total. The van der Waals surface area contributed by atoms with Crippen molar-refractivity contribution in [2.75, 3.05) is 20.1 Å². The zero-order chi connectivity index (χ0) is 13.0. The zero-order valence-corrected chi connectivity index (χ0v) is 11.7. The van der Waals surface area contributed by atoms with Crippen molar-refractivity contribution in [2.45, 2.75) is 63.6 Å². The van der Waals surface area contributed by atoms with E-state index in [1.54, 1.807) is 0 Å². The molecular formula is C14H27N3O. The number of nitrogens with zero attached hydrogens (tertiary/aromatic N) is 1. The number of carbonyl (C=O) groups is 1. The van der Waals surface area contributed by atoms with Crippen LogP contribution in [0, 0.1) is 0 Å². The highest BCUT2D eigenvalue weighted by molar-refractivity contribution is 5.83. The Morgan fingerprint density at radius 3 is 2.94 bits per heavy atom. The van der Waals surface area contributed by atoms with Gasteiger partial charge < -0.3 is 15.5 Å². The molecule has 0 aromatic carbocycles. The molecule has 1 amide bonds. The molecule has 0 spiro atoms. The summed E-state index contributed by atoms with van der Waals surface area (Å²) in [6, 6.07) is 1.10. The minimum absolute atomic E-state index is 0.0516. The van der Waals surface area contributed by atoms with Gasteiger partial charge in [0.15, 0.2) is 0 Å². The van der Waals surface area contributed by atoms with Crippen LogP contribution in [0.15, 0.2) is 0 Å². The fourth-order valence-electron chi connectivity index (χ4n) is 3.12. The topological polar surface area (TPSA) is 44.4 Å². The van der Waals surface area contributed by atoms with Crippen LogP contribution in [0.2, 0.25) is 0 Å². The number of likely N-dealkylation sites (N-methyl/N-ethyl adjacent to an activating group) is 1. The molecule has 0 bridgehead atoms. The molecule has 2 rings (SSSR count). The summed E-state index contributed by atoms with van der Waals surface area (Å²) in [6.07, 6.45) is 7.38. The highest BCUT2D eigenvalue weighted by Crippen LogP contribution is 2.14. The molecular weight excluding hydrogens is 226 g/mol. The van der Waals surface area contributed by atoms with E-state index < -0.39 is 0 Å². The Morgan fingerprint density at radius 2 is 2.22 bits per heavy atom. The molecule has 0 aromatic heterocycles. The molecule has 2 aliphatic rings. The molecule has 2 heterocycles.